The monoisotopic (exact) mass is 357 g/mol. The van der Waals surface area contributed by atoms with E-state index in [1.54, 1.807) is 12.1 Å². The predicted octanol–water partition coefficient (Wildman–Crippen LogP) is 1.84. The first kappa shape index (κ1) is 18.0. The van der Waals surface area contributed by atoms with Crippen LogP contribution in [-0.4, -0.2) is 48.4 Å². The highest BCUT2D eigenvalue weighted by molar-refractivity contribution is 5.94. The molecule has 0 saturated carbocycles. The number of aliphatic hydroxyl groups excluding tert-OH is 1. The van der Waals surface area contributed by atoms with Crippen LogP contribution in [0.3, 0.4) is 0 Å². The largest absolute Gasteiger partial charge is 0.486 e. The van der Waals surface area contributed by atoms with Crippen LogP contribution in [0.5, 0.6) is 11.5 Å². The normalized spacial score (nSPS) is 15.3. The van der Waals surface area contributed by atoms with Crippen molar-refractivity contribution >= 4 is 11.7 Å². The number of hydrogen-bond donors (Lipinski definition) is 3. The van der Waals surface area contributed by atoms with E-state index in [0.29, 0.717) is 43.9 Å². The Morgan fingerprint density at radius 2 is 2.04 bits per heavy atom. The van der Waals surface area contributed by atoms with Crippen LogP contribution < -0.4 is 20.1 Å². The number of fused-ring (bicyclic) bond motifs is 1. The molecule has 3 rings (SSSR count). The molecule has 0 spiro atoms. The molecule has 1 atom stereocenters. The number of aliphatic hydroxyl groups is 1. The molecule has 0 fully saturated rings. The molecule has 0 radical (unpaired) electrons. The van der Waals surface area contributed by atoms with Crippen LogP contribution in [0.4, 0.5) is 5.82 Å². The van der Waals surface area contributed by atoms with Crippen molar-refractivity contribution < 1.29 is 19.4 Å². The minimum absolute atomic E-state index is 0.0820. The Morgan fingerprint density at radius 1 is 1.19 bits per heavy atom. The van der Waals surface area contributed by atoms with Crippen molar-refractivity contribution in [2.45, 2.75) is 18.9 Å². The summed E-state index contributed by atoms with van der Waals surface area (Å²) in [6.45, 7) is 1.74. The number of para-hydroxylation sites is 2. The fourth-order valence-corrected chi connectivity index (χ4v) is 2.58. The summed E-state index contributed by atoms with van der Waals surface area (Å²) in [7, 11) is 0. The van der Waals surface area contributed by atoms with Gasteiger partial charge in [-0.25, -0.2) is 4.98 Å². The molecule has 1 aromatic heterocycles. The summed E-state index contributed by atoms with van der Waals surface area (Å²) in [6.07, 6.45) is 2.77. The van der Waals surface area contributed by atoms with Crippen LogP contribution in [0.2, 0.25) is 0 Å². The lowest BCUT2D eigenvalue weighted by Crippen LogP contribution is -2.34. The van der Waals surface area contributed by atoms with Crippen molar-refractivity contribution in [3.05, 3.63) is 48.2 Å². The molecule has 0 aliphatic carbocycles. The fourth-order valence-electron chi connectivity index (χ4n) is 2.58. The minimum Gasteiger partial charge on any atom is -0.486 e. The van der Waals surface area contributed by atoms with Crippen LogP contribution >= 0.6 is 0 Å². The van der Waals surface area contributed by atoms with Crippen molar-refractivity contribution in [3.8, 4) is 11.5 Å². The number of nitrogens with zero attached hydrogens (tertiary/aromatic N) is 1. The van der Waals surface area contributed by atoms with Gasteiger partial charge in [0.25, 0.3) is 5.91 Å². The van der Waals surface area contributed by atoms with Crippen LogP contribution in [0.15, 0.2) is 42.6 Å². The van der Waals surface area contributed by atoms with Crippen molar-refractivity contribution in [1.29, 1.82) is 0 Å². The lowest BCUT2D eigenvalue weighted by Gasteiger charge is -2.26. The molecule has 7 nitrogen and oxygen atoms in total. The molecule has 2 heterocycles. The van der Waals surface area contributed by atoms with E-state index in [0.717, 1.165) is 11.5 Å². The van der Waals surface area contributed by atoms with E-state index in [2.05, 4.69) is 15.6 Å². The zero-order valence-electron chi connectivity index (χ0n) is 14.5. The highest BCUT2D eigenvalue weighted by Gasteiger charge is 2.20. The zero-order valence-corrected chi connectivity index (χ0v) is 14.5. The standard InChI is InChI=1S/C19H23N3O4/c23-11-3-9-20-18-7-6-14(12-22-18)19(24)21-10-8-15-13-25-16-4-1-2-5-17(16)26-15/h1-2,4-7,12,15,23H,3,8-11,13H2,(H,20,22)(H,21,24). The van der Waals surface area contributed by atoms with Crippen molar-refractivity contribution in [2.75, 3.05) is 31.6 Å². The van der Waals surface area contributed by atoms with E-state index in [1.165, 1.54) is 6.20 Å². The summed E-state index contributed by atoms with van der Waals surface area (Å²) in [4.78, 5) is 16.4. The first-order valence-corrected chi connectivity index (χ1v) is 8.74. The maximum Gasteiger partial charge on any atom is 0.252 e. The third kappa shape index (κ3) is 4.86. The van der Waals surface area contributed by atoms with E-state index in [9.17, 15) is 4.79 Å². The van der Waals surface area contributed by atoms with Gasteiger partial charge in [0, 0.05) is 32.3 Å². The maximum absolute atomic E-state index is 12.2. The van der Waals surface area contributed by atoms with E-state index >= 15 is 0 Å². The third-order valence-corrected chi connectivity index (χ3v) is 3.99. The molecule has 0 bridgehead atoms. The zero-order chi connectivity index (χ0) is 18.2. The van der Waals surface area contributed by atoms with Gasteiger partial charge in [-0.05, 0) is 30.7 Å². The Bertz CT molecular complexity index is 721. The molecule has 26 heavy (non-hydrogen) atoms. The van der Waals surface area contributed by atoms with Gasteiger partial charge in [-0.2, -0.15) is 0 Å². The molecule has 1 amide bonds. The van der Waals surface area contributed by atoms with E-state index in [4.69, 9.17) is 14.6 Å². The predicted molar refractivity (Wildman–Crippen MR) is 97.7 cm³/mol. The molecular formula is C19H23N3O4. The van der Waals surface area contributed by atoms with E-state index in [-0.39, 0.29) is 18.6 Å². The molecule has 138 valence electrons. The van der Waals surface area contributed by atoms with Gasteiger partial charge < -0.3 is 25.2 Å². The Labute approximate surface area is 152 Å². The number of nitrogens with one attached hydrogen (secondary N) is 2. The number of aromatic nitrogens is 1. The van der Waals surface area contributed by atoms with E-state index < -0.39 is 0 Å². The number of rotatable bonds is 8. The number of carbonyl (C=O) groups is 1. The van der Waals surface area contributed by atoms with Gasteiger partial charge in [-0.1, -0.05) is 12.1 Å². The smallest absolute Gasteiger partial charge is 0.252 e. The summed E-state index contributed by atoms with van der Waals surface area (Å²) >= 11 is 0. The highest BCUT2D eigenvalue weighted by atomic mass is 16.6. The molecular weight excluding hydrogens is 334 g/mol. The first-order valence-electron chi connectivity index (χ1n) is 8.74. The van der Waals surface area contributed by atoms with Gasteiger partial charge in [0.15, 0.2) is 11.5 Å². The van der Waals surface area contributed by atoms with Gasteiger partial charge in [0.2, 0.25) is 0 Å². The van der Waals surface area contributed by atoms with Crippen LogP contribution in [0.1, 0.15) is 23.2 Å². The van der Waals surface area contributed by atoms with Crippen LogP contribution in [0.25, 0.3) is 0 Å². The molecule has 7 heteroatoms. The number of ether oxygens (including phenoxy) is 2. The summed E-state index contributed by atoms with van der Waals surface area (Å²) < 4.78 is 11.5. The van der Waals surface area contributed by atoms with Gasteiger partial charge >= 0.3 is 0 Å². The summed E-state index contributed by atoms with van der Waals surface area (Å²) in [6, 6.07) is 11.0. The number of amides is 1. The minimum atomic E-state index is -0.170. The summed E-state index contributed by atoms with van der Waals surface area (Å²) in [5, 5.41) is 14.7. The number of benzene rings is 1. The topological polar surface area (TPSA) is 92.7 Å². The molecule has 1 aliphatic rings. The van der Waals surface area contributed by atoms with Crippen molar-refractivity contribution in [2.24, 2.45) is 0 Å². The summed E-state index contributed by atoms with van der Waals surface area (Å²) in [5.41, 5.74) is 0.504. The number of hydrogen-bond acceptors (Lipinski definition) is 6. The molecule has 0 saturated heterocycles. The number of carbonyl (C=O) groups excluding carboxylic acids is 1. The van der Waals surface area contributed by atoms with Crippen molar-refractivity contribution in [1.82, 2.24) is 10.3 Å². The third-order valence-electron chi connectivity index (χ3n) is 3.99. The average Bonchev–Trinajstić information content (AvgIpc) is 2.68. The molecule has 1 unspecified atom stereocenters. The lowest BCUT2D eigenvalue weighted by molar-refractivity contribution is 0.0812. The number of pyridine rings is 1. The molecule has 1 aliphatic heterocycles. The van der Waals surface area contributed by atoms with Crippen LogP contribution in [-0.2, 0) is 0 Å². The highest BCUT2D eigenvalue weighted by Crippen LogP contribution is 2.31. The SMILES string of the molecule is O=C(NCCC1COc2ccccc2O1)c1ccc(NCCCO)nc1. The second-order valence-electron chi connectivity index (χ2n) is 5.98. The molecule has 1 aromatic carbocycles. The van der Waals surface area contributed by atoms with E-state index in [1.807, 2.05) is 24.3 Å². The second-order valence-corrected chi connectivity index (χ2v) is 5.98. The molecule has 3 N–H and O–H groups in total. The quantitative estimate of drug-likeness (QED) is 0.624. The fraction of sp³-hybridized carbons (Fsp3) is 0.368. The lowest BCUT2D eigenvalue weighted by atomic mass is 10.2. The van der Waals surface area contributed by atoms with Gasteiger partial charge in [0.1, 0.15) is 18.5 Å². The summed E-state index contributed by atoms with van der Waals surface area (Å²) in [5.74, 6) is 2.01. The Balaban J connectivity index is 1.41. The number of anilines is 1. The second kappa shape index (κ2) is 9.05. The van der Waals surface area contributed by atoms with Gasteiger partial charge in [-0.15, -0.1) is 0 Å². The average molecular weight is 357 g/mol. The molecule has 2 aromatic rings. The van der Waals surface area contributed by atoms with Crippen LogP contribution in [0, 0.1) is 0 Å². The first-order chi connectivity index (χ1) is 12.8. The maximum atomic E-state index is 12.2. The van der Waals surface area contributed by atoms with Gasteiger partial charge in [-0.3, -0.25) is 4.79 Å². The van der Waals surface area contributed by atoms with Gasteiger partial charge in [0.05, 0.1) is 5.56 Å². The Hall–Kier alpha value is -2.80. The Kier molecular flexibility index (Phi) is 6.27. The Morgan fingerprint density at radius 3 is 2.81 bits per heavy atom. The van der Waals surface area contributed by atoms with Crippen molar-refractivity contribution in [3.63, 3.8) is 0 Å².